The zero-order chi connectivity index (χ0) is 43.7. The molecule has 4 heteroatoms. The third-order valence-electron chi connectivity index (χ3n) is 13.2. The minimum absolute atomic E-state index is 0.0441. The van der Waals surface area contributed by atoms with Crippen LogP contribution < -0.4 is 0 Å². The van der Waals surface area contributed by atoms with Gasteiger partial charge in [-0.25, -0.2) is 0 Å². The molecule has 60 heavy (non-hydrogen) atoms. The van der Waals surface area contributed by atoms with Crippen molar-refractivity contribution in [2.45, 2.75) is 336 Å². The molecule has 0 heterocycles. The monoisotopic (exact) mass is 847 g/mol. The van der Waals surface area contributed by atoms with Crippen molar-refractivity contribution in [3.63, 3.8) is 0 Å². The molecular formula is C56H110O4. The van der Waals surface area contributed by atoms with Crippen molar-refractivity contribution >= 4 is 11.9 Å². The second-order valence-corrected chi connectivity index (χ2v) is 19.3. The largest absolute Gasteiger partial charge is 0.465 e. The van der Waals surface area contributed by atoms with Gasteiger partial charge in [-0.15, -0.1) is 0 Å². The standard InChI is InChI=1S/C56H110O4/c1-5-9-13-17-20-22-24-25-26-27-28-29-34-39-45-51-55(57)60-54(49-43-16-12-8-4)50-44-38-33-31-32-37-42-48-53(47-41-36-19-15-11-7-3)56(58)59-52-46-40-35-30-23-21-18-14-10-6-2/h53-54H,5-52H2,1-4H3. The molecule has 0 saturated heterocycles. The lowest BCUT2D eigenvalue weighted by Crippen LogP contribution is -2.18. The van der Waals surface area contributed by atoms with Gasteiger partial charge in [-0.2, -0.15) is 0 Å². The van der Waals surface area contributed by atoms with E-state index < -0.39 is 0 Å². The Balaban J connectivity index is 4.23. The molecule has 0 aromatic heterocycles. The van der Waals surface area contributed by atoms with Crippen LogP contribution in [0.5, 0.6) is 0 Å². The van der Waals surface area contributed by atoms with Gasteiger partial charge < -0.3 is 9.47 Å². The summed E-state index contributed by atoms with van der Waals surface area (Å²) in [5, 5.41) is 0. The predicted octanol–water partition coefficient (Wildman–Crippen LogP) is 19.5. The van der Waals surface area contributed by atoms with E-state index in [2.05, 4.69) is 27.7 Å². The molecule has 0 aliphatic rings. The average Bonchev–Trinajstić information content (AvgIpc) is 3.25. The van der Waals surface area contributed by atoms with E-state index in [0.29, 0.717) is 13.0 Å². The van der Waals surface area contributed by atoms with E-state index in [0.717, 1.165) is 64.2 Å². The molecule has 0 amide bonds. The van der Waals surface area contributed by atoms with E-state index in [-0.39, 0.29) is 24.0 Å². The second kappa shape index (κ2) is 50.6. The van der Waals surface area contributed by atoms with E-state index in [1.807, 2.05) is 0 Å². The van der Waals surface area contributed by atoms with Gasteiger partial charge in [-0.05, 0) is 51.4 Å². The van der Waals surface area contributed by atoms with Gasteiger partial charge >= 0.3 is 11.9 Å². The third kappa shape index (κ3) is 45.0. The van der Waals surface area contributed by atoms with Gasteiger partial charge in [0.15, 0.2) is 0 Å². The summed E-state index contributed by atoms with van der Waals surface area (Å²) in [4.78, 5) is 25.9. The molecule has 0 saturated carbocycles. The second-order valence-electron chi connectivity index (χ2n) is 19.3. The summed E-state index contributed by atoms with van der Waals surface area (Å²) >= 11 is 0. The van der Waals surface area contributed by atoms with Crippen molar-refractivity contribution in [1.29, 1.82) is 0 Å². The number of unbranched alkanes of at least 4 members (excludes halogenated alkanes) is 37. The molecule has 0 aliphatic carbocycles. The van der Waals surface area contributed by atoms with Crippen molar-refractivity contribution in [1.82, 2.24) is 0 Å². The van der Waals surface area contributed by atoms with Crippen LogP contribution in [-0.4, -0.2) is 24.6 Å². The van der Waals surface area contributed by atoms with Gasteiger partial charge in [0.25, 0.3) is 0 Å². The summed E-state index contributed by atoms with van der Waals surface area (Å²) in [6, 6.07) is 0. The summed E-state index contributed by atoms with van der Waals surface area (Å²) in [5.74, 6) is 0.220. The fourth-order valence-electron chi connectivity index (χ4n) is 9.02. The molecule has 2 unspecified atom stereocenters. The summed E-state index contributed by atoms with van der Waals surface area (Å²) in [7, 11) is 0. The average molecular weight is 847 g/mol. The lowest BCUT2D eigenvalue weighted by Gasteiger charge is -2.18. The minimum atomic E-state index is 0.0441. The summed E-state index contributed by atoms with van der Waals surface area (Å²) in [6.07, 6.45) is 59.2. The molecule has 0 bridgehead atoms. The zero-order valence-electron chi connectivity index (χ0n) is 41.7. The van der Waals surface area contributed by atoms with E-state index in [9.17, 15) is 9.59 Å². The quantitative estimate of drug-likeness (QED) is 0.0452. The molecule has 0 aromatic rings. The summed E-state index contributed by atoms with van der Waals surface area (Å²) in [5.41, 5.74) is 0. The first-order chi connectivity index (χ1) is 29.6. The number of esters is 2. The zero-order valence-corrected chi connectivity index (χ0v) is 41.7. The normalized spacial score (nSPS) is 12.5. The van der Waals surface area contributed by atoms with Gasteiger partial charge in [0.2, 0.25) is 0 Å². The smallest absolute Gasteiger partial charge is 0.308 e. The highest BCUT2D eigenvalue weighted by Crippen LogP contribution is 2.23. The van der Waals surface area contributed by atoms with Gasteiger partial charge in [0, 0.05) is 6.42 Å². The highest BCUT2D eigenvalue weighted by Gasteiger charge is 2.19. The maximum atomic E-state index is 13.1. The number of rotatable bonds is 51. The number of hydrogen-bond acceptors (Lipinski definition) is 4. The van der Waals surface area contributed by atoms with Gasteiger partial charge in [0.1, 0.15) is 6.10 Å². The molecule has 0 fully saturated rings. The van der Waals surface area contributed by atoms with Crippen molar-refractivity contribution in [3.05, 3.63) is 0 Å². The Labute approximate surface area is 377 Å². The first-order valence-corrected chi connectivity index (χ1v) is 27.9. The first kappa shape index (κ1) is 58.9. The van der Waals surface area contributed by atoms with Gasteiger partial charge in [-0.3, -0.25) is 9.59 Å². The predicted molar refractivity (Wildman–Crippen MR) is 264 cm³/mol. The van der Waals surface area contributed by atoms with Crippen LogP contribution in [0.25, 0.3) is 0 Å². The van der Waals surface area contributed by atoms with Crippen molar-refractivity contribution in [3.8, 4) is 0 Å². The Morgan fingerprint density at radius 2 is 0.583 bits per heavy atom. The number of carbonyl (C=O) groups excluding carboxylic acids is 2. The summed E-state index contributed by atoms with van der Waals surface area (Å²) in [6.45, 7) is 9.72. The number of ether oxygens (including phenoxy) is 2. The van der Waals surface area contributed by atoms with E-state index in [1.54, 1.807) is 0 Å². The molecule has 0 aromatic carbocycles. The Hall–Kier alpha value is -1.06. The summed E-state index contributed by atoms with van der Waals surface area (Å²) < 4.78 is 12.0. The molecule has 358 valence electrons. The van der Waals surface area contributed by atoms with Crippen LogP contribution >= 0.6 is 0 Å². The molecule has 2 atom stereocenters. The van der Waals surface area contributed by atoms with E-state index in [4.69, 9.17) is 9.47 Å². The minimum Gasteiger partial charge on any atom is -0.465 e. The van der Waals surface area contributed by atoms with Crippen LogP contribution in [-0.2, 0) is 19.1 Å². The highest BCUT2D eigenvalue weighted by molar-refractivity contribution is 5.72. The maximum Gasteiger partial charge on any atom is 0.308 e. The third-order valence-corrected chi connectivity index (χ3v) is 13.2. The molecule has 0 aliphatic heterocycles. The molecule has 0 radical (unpaired) electrons. The molecule has 4 nitrogen and oxygen atoms in total. The van der Waals surface area contributed by atoms with E-state index >= 15 is 0 Å². The lowest BCUT2D eigenvalue weighted by molar-refractivity contribution is -0.150. The fraction of sp³-hybridized carbons (Fsp3) is 0.964. The Morgan fingerprint density at radius 3 is 0.933 bits per heavy atom. The van der Waals surface area contributed by atoms with Crippen LogP contribution in [0, 0.1) is 5.92 Å². The van der Waals surface area contributed by atoms with E-state index in [1.165, 1.54) is 231 Å². The fourth-order valence-corrected chi connectivity index (χ4v) is 9.02. The topological polar surface area (TPSA) is 52.6 Å². The molecular weight excluding hydrogens is 737 g/mol. The molecule has 0 N–H and O–H groups in total. The van der Waals surface area contributed by atoms with Crippen LogP contribution in [0.3, 0.4) is 0 Å². The van der Waals surface area contributed by atoms with Gasteiger partial charge in [-0.1, -0.05) is 272 Å². The lowest BCUT2D eigenvalue weighted by atomic mass is 9.94. The Bertz CT molecular complexity index is 841. The van der Waals surface area contributed by atoms with Crippen LogP contribution in [0.4, 0.5) is 0 Å². The van der Waals surface area contributed by atoms with Crippen LogP contribution in [0.1, 0.15) is 329 Å². The Kier molecular flexibility index (Phi) is 49.7. The SMILES string of the molecule is CCCCCCCCCCCCCCCCCC(=O)OC(CCCCCC)CCCCCCCCCC(CCCCCCCC)C(=O)OCCCCCCCCCCCC. The first-order valence-electron chi connectivity index (χ1n) is 27.9. The van der Waals surface area contributed by atoms with Crippen molar-refractivity contribution < 1.29 is 19.1 Å². The molecule has 0 spiro atoms. The maximum absolute atomic E-state index is 13.1. The highest BCUT2D eigenvalue weighted by atomic mass is 16.5. The number of carbonyl (C=O) groups is 2. The van der Waals surface area contributed by atoms with Crippen LogP contribution in [0.15, 0.2) is 0 Å². The van der Waals surface area contributed by atoms with Gasteiger partial charge in [0.05, 0.1) is 12.5 Å². The Morgan fingerprint density at radius 1 is 0.317 bits per heavy atom. The molecule has 0 rings (SSSR count). The van der Waals surface area contributed by atoms with Crippen molar-refractivity contribution in [2.75, 3.05) is 6.61 Å². The van der Waals surface area contributed by atoms with Crippen LogP contribution in [0.2, 0.25) is 0 Å². The number of hydrogen-bond donors (Lipinski definition) is 0. The van der Waals surface area contributed by atoms with Crippen molar-refractivity contribution in [2.24, 2.45) is 5.92 Å².